The third-order valence-corrected chi connectivity index (χ3v) is 3.54. The molecule has 2 amide bonds. The number of amides is 2. The summed E-state index contributed by atoms with van der Waals surface area (Å²) in [5.41, 5.74) is 1.90. The van der Waals surface area contributed by atoms with Crippen molar-refractivity contribution in [2.45, 2.75) is 26.2 Å². The number of nitrogens with zero attached hydrogens (tertiary/aromatic N) is 1. The summed E-state index contributed by atoms with van der Waals surface area (Å²) in [5.74, 6) is -0.279. The summed E-state index contributed by atoms with van der Waals surface area (Å²) in [7, 11) is 0. The first-order valence-electron chi connectivity index (χ1n) is 7.74. The minimum atomic E-state index is -0.585. The molecule has 0 radical (unpaired) electrons. The van der Waals surface area contributed by atoms with Gasteiger partial charge in [0.2, 0.25) is 5.91 Å². The van der Waals surface area contributed by atoms with Crippen LogP contribution in [0.2, 0.25) is 0 Å². The van der Waals surface area contributed by atoms with Gasteiger partial charge in [0.15, 0.2) is 0 Å². The standard InChI is InChI=1S/C16H23N3O3/c1-2-22-16(21)17-12-15(20)18-13-6-8-14(9-7-13)19-10-4-3-5-11-19/h6-9H,2-5,10-12H2,1H3,(H,17,21)(H,18,20). The van der Waals surface area contributed by atoms with Gasteiger partial charge in [0.1, 0.15) is 6.54 Å². The number of ether oxygens (including phenoxy) is 1. The second-order valence-corrected chi connectivity index (χ2v) is 5.22. The highest BCUT2D eigenvalue weighted by Crippen LogP contribution is 2.21. The molecular weight excluding hydrogens is 282 g/mol. The van der Waals surface area contributed by atoms with Crippen LogP contribution < -0.4 is 15.5 Å². The maximum Gasteiger partial charge on any atom is 0.407 e. The molecule has 0 aliphatic carbocycles. The van der Waals surface area contributed by atoms with E-state index in [2.05, 4.69) is 20.3 Å². The van der Waals surface area contributed by atoms with Crippen molar-refractivity contribution >= 4 is 23.4 Å². The molecule has 1 aliphatic rings. The first kappa shape index (κ1) is 16.1. The Kier molecular flexibility index (Phi) is 6.06. The normalized spacial score (nSPS) is 14.3. The Labute approximate surface area is 130 Å². The number of rotatable bonds is 5. The molecule has 22 heavy (non-hydrogen) atoms. The van der Waals surface area contributed by atoms with Gasteiger partial charge in [-0.25, -0.2) is 4.79 Å². The van der Waals surface area contributed by atoms with Gasteiger partial charge in [0, 0.05) is 24.5 Å². The van der Waals surface area contributed by atoms with Crippen LogP contribution in [0, 0.1) is 0 Å². The molecule has 6 heteroatoms. The SMILES string of the molecule is CCOC(=O)NCC(=O)Nc1ccc(N2CCCCC2)cc1. The number of piperidine rings is 1. The van der Waals surface area contributed by atoms with Crippen molar-refractivity contribution in [3.63, 3.8) is 0 Å². The van der Waals surface area contributed by atoms with Crippen molar-refractivity contribution in [3.8, 4) is 0 Å². The Morgan fingerprint density at radius 3 is 2.45 bits per heavy atom. The molecule has 0 bridgehead atoms. The molecular formula is C16H23N3O3. The van der Waals surface area contributed by atoms with E-state index in [0.717, 1.165) is 18.8 Å². The van der Waals surface area contributed by atoms with Crippen LogP contribution in [0.3, 0.4) is 0 Å². The van der Waals surface area contributed by atoms with E-state index in [9.17, 15) is 9.59 Å². The molecule has 0 saturated carbocycles. The van der Waals surface area contributed by atoms with Crippen molar-refractivity contribution in [2.75, 3.05) is 36.5 Å². The molecule has 1 saturated heterocycles. The number of alkyl carbamates (subject to hydrolysis) is 1. The van der Waals surface area contributed by atoms with Crippen LogP contribution in [-0.2, 0) is 9.53 Å². The second-order valence-electron chi connectivity index (χ2n) is 5.22. The Morgan fingerprint density at radius 2 is 1.82 bits per heavy atom. The van der Waals surface area contributed by atoms with E-state index in [1.807, 2.05) is 24.3 Å². The van der Waals surface area contributed by atoms with Gasteiger partial charge in [-0.3, -0.25) is 4.79 Å². The fourth-order valence-corrected chi connectivity index (χ4v) is 2.45. The minimum Gasteiger partial charge on any atom is -0.450 e. The predicted octanol–water partition coefficient (Wildman–Crippen LogP) is 2.36. The third kappa shape index (κ3) is 4.95. The number of anilines is 2. The number of hydrogen-bond donors (Lipinski definition) is 2. The first-order chi connectivity index (χ1) is 10.7. The lowest BCUT2D eigenvalue weighted by molar-refractivity contribution is -0.115. The van der Waals surface area contributed by atoms with E-state index >= 15 is 0 Å². The van der Waals surface area contributed by atoms with Crippen LogP contribution in [0.25, 0.3) is 0 Å². The van der Waals surface area contributed by atoms with Crippen molar-refractivity contribution in [1.82, 2.24) is 5.32 Å². The topological polar surface area (TPSA) is 70.7 Å². The fraction of sp³-hybridized carbons (Fsp3) is 0.500. The highest BCUT2D eigenvalue weighted by molar-refractivity contribution is 5.93. The number of benzene rings is 1. The summed E-state index contributed by atoms with van der Waals surface area (Å²) in [4.78, 5) is 25.2. The summed E-state index contributed by atoms with van der Waals surface area (Å²) >= 11 is 0. The average Bonchev–Trinajstić information content (AvgIpc) is 2.55. The predicted molar refractivity (Wildman–Crippen MR) is 86.2 cm³/mol. The largest absolute Gasteiger partial charge is 0.450 e. The maximum atomic E-state index is 11.7. The summed E-state index contributed by atoms with van der Waals surface area (Å²) in [6.45, 7) is 4.08. The van der Waals surface area contributed by atoms with Gasteiger partial charge in [-0.05, 0) is 50.5 Å². The Morgan fingerprint density at radius 1 is 1.14 bits per heavy atom. The number of carbonyl (C=O) groups is 2. The molecule has 0 spiro atoms. The van der Waals surface area contributed by atoms with E-state index in [1.54, 1.807) is 6.92 Å². The summed E-state index contributed by atoms with van der Waals surface area (Å²) in [6, 6.07) is 7.79. The monoisotopic (exact) mass is 305 g/mol. The second kappa shape index (κ2) is 8.26. The highest BCUT2D eigenvalue weighted by Gasteiger charge is 2.11. The number of hydrogen-bond acceptors (Lipinski definition) is 4. The van der Waals surface area contributed by atoms with Gasteiger partial charge in [0.25, 0.3) is 0 Å². The van der Waals surface area contributed by atoms with Crippen LogP contribution in [0.15, 0.2) is 24.3 Å². The van der Waals surface area contributed by atoms with Crippen LogP contribution in [0.5, 0.6) is 0 Å². The minimum absolute atomic E-state index is 0.104. The number of carbonyl (C=O) groups excluding carboxylic acids is 2. The summed E-state index contributed by atoms with van der Waals surface area (Å²) in [6.07, 6.45) is 3.19. The average molecular weight is 305 g/mol. The zero-order chi connectivity index (χ0) is 15.8. The van der Waals surface area contributed by atoms with Gasteiger partial charge in [-0.2, -0.15) is 0 Å². The molecule has 2 N–H and O–H groups in total. The molecule has 1 fully saturated rings. The quantitative estimate of drug-likeness (QED) is 0.876. The Balaban J connectivity index is 1.80. The lowest BCUT2D eigenvalue weighted by Crippen LogP contribution is -2.33. The van der Waals surface area contributed by atoms with Crippen molar-refractivity contribution < 1.29 is 14.3 Å². The van der Waals surface area contributed by atoms with Gasteiger partial charge in [-0.15, -0.1) is 0 Å². The molecule has 1 aromatic rings. The molecule has 0 atom stereocenters. The molecule has 120 valence electrons. The summed E-state index contributed by atoms with van der Waals surface area (Å²) < 4.78 is 4.69. The number of nitrogens with one attached hydrogen (secondary N) is 2. The van der Waals surface area contributed by atoms with E-state index in [0.29, 0.717) is 0 Å². The highest BCUT2D eigenvalue weighted by atomic mass is 16.5. The van der Waals surface area contributed by atoms with Crippen LogP contribution >= 0.6 is 0 Å². The molecule has 2 rings (SSSR count). The Hall–Kier alpha value is -2.24. The lowest BCUT2D eigenvalue weighted by atomic mass is 10.1. The van der Waals surface area contributed by atoms with Gasteiger partial charge < -0.3 is 20.3 Å². The van der Waals surface area contributed by atoms with Gasteiger partial charge >= 0.3 is 6.09 Å². The van der Waals surface area contributed by atoms with E-state index < -0.39 is 6.09 Å². The van der Waals surface area contributed by atoms with E-state index in [-0.39, 0.29) is 19.1 Å². The van der Waals surface area contributed by atoms with Gasteiger partial charge in [-0.1, -0.05) is 0 Å². The van der Waals surface area contributed by atoms with E-state index in [4.69, 9.17) is 0 Å². The molecule has 1 aromatic carbocycles. The van der Waals surface area contributed by atoms with Crippen LogP contribution in [-0.4, -0.2) is 38.2 Å². The molecule has 0 unspecified atom stereocenters. The maximum absolute atomic E-state index is 11.7. The zero-order valence-electron chi connectivity index (χ0n) is 12.9. The zero-order valence-corrected chi connectivity index (χ0v) is 12.9. The third-order valence-electron chi connectivity index (χ3n) is 3.54. The fourth-order valence-electron chi connectivity index (χ4n) is 2.45. The molecule has 1 heterocycles. The molecule has 1 aliphatic heterocycles. The first-order valence-corrected chi connectivity index (χ1v) is 7.74. The smallest absolute Gasteiger partial charge is 0.407 e. The van der Waals surface area contributed by atoms with E-state index in [1.165, 1.54) is 24.9 Å². The van der Waals surface area contributed by atoms with Crippen LogP contribution in [0.1, 0.15) is 26.2 Å². The van der Waals surface area contributed by atoms with Crippen molar-refractivity contribution in [3.05, 3.63) is 24.3 Å². The molecule has 6 nitrogen and oxygen atoms in total. The van der Waals surface area contributed by atoms with Crippen LogP contribution in [0.4, 0.5) is 16.2 Å². The van der Waals surface area contributed by atoms with Crippen molar-refractivity contribution in [2.24, 2.45) is 0 Å². The van der Waals surface area contributed by atoms with Gasteiger partial charge in [0.05, 0.1) is 6.61 Å². The Bertz CT molecular complexity index is 496. The molecule has 0 aromatic heterocycles. The lowest BCUT2D eigenvalue weighted by Gasteiger charge is -2.28. The van der Waals surface area contributed by atoms with Crippen molar-refractivity contribution in [1.29, 1.82) is 0 Å². The summed E-state index contributed by atoms with van der Waals surface area (Å²) in [5, 5.41) is 5.13.